The summed E-state index contributed by atoms with van der Waals surface area (Å²) < 4.78 is 12.1. The molecular formula is C19H15ClN4O4. The average molecular weight is 399 g/mol. The molecule has 0 spiro atoms. The number of halogens is 1. The van der Waals surface area contributed by atoms with Crippen LogP contribution in [0, 0.1) is 6.92 Å². The van der Waals surface area contributed by atoms with Gasteiger partial charge in [0.05, 0.1) is 23.1 Å². The Morgan fingerprint density at radius 3 is 2.54 bits per heavy atom. The molecule has 0 unspecified atom stereocenters. The molecule has 0 fully saturated rings. The number of hydrogen-bond acceptors (Lipinski definition) is 5. The van der Waals surface area contributed by atoms with Crippen LogP contribution in [0.4, 0.5) is 0 Å². The number of nitrogens with zero attached hydrogens (tertiary/aromatic N) is 2. The molecule has 2 N–H and O–H groups in total. The lowest BCUT2D eigenvalue weighted by Gasteiger charge is -2.08. The Bertz CT molecular complexity index is 1060. The van der Waals surface area contributed by atoms with Gasteiger partial charge in [-0.3, -0.25) is 20.4 Å². The highest BCUT2D eigenvalue weighted by atomic mass is 35.5. The highest BCUT2D eigenvalue weighted by Gasteiger charge is 2.18. The quantitative estimate of drug-likeness (QED) is 0.661. The molecule has 9 heteroatoms. The van der Waals surface area contributed by atoms with Crippen molar-refractivity contribution >= 4 is 23.4 Å². The molecular weight excluding hydrogens is 384 g/mol. The number of nitrogens with one attached hydrogen (secondary N) is 2. The fraction of sp³-hybridized carbons (Fsp3) is 0.105. The van der Waals surface area contributed by atoms with Crippen LogP contribution in [0.5, 0.6) is 11.5 Å². The van der Waals surface area contributed by atoms with Crippen molar-refractivity contribution in [2.45, 2.75) is 6.92 Å². The molecule has 0 saturated carbocycles. The Hall–Kier alpha value is -3.52. The summed E-state index contributed by atoms with van der Waals surface area (Å²) in [6.45, 7) is 1.88. The van der Waals surface area contributed by atoms with E-state index in [4.69, 9.17) is 21.1 Å². The molecule has 2 heterocycles. The van der Waals surface area contributed by atoms with Gasteiger partial charge in [0.2, 0.25) is 6.79 Å². The minimum Gasteiger partial charge on any atom is -0.454 e. The lowest BCUT2D eigenvalue weighted by molar-refractivity contribution is 0.0846. The van der Waals surface area contributed by atoms with Gasteiger partial charge in [0.1, 0.15) is 0 Å². The molecule has 8 nitrogen and oxygen atoms in total. The Morgan fingerprint density at radius 2 is 1.75 bits per heavy atom. The molecule has 28 heavy (non-hydrogen) atoms. The van der Waals surface area contributed by atoms with Crippen LogP contribution in [0.3, 0.4) is 0 Å². The van der Waals surface area contributed by atoms with Crippen molar-refractivity contribution in [1.82, 2.24) is 20.6 Å². The highest BCUT2D eigenvalue weighted by Crippen LogP contribution is 2.32. The largest absolute Gasteiger partial charge is 0.454 e. The minimum absolute atomic E-state index is 0.119. The summed E-state index contributed by atoms with van der Waals surface area (Å²) in [6.07, 6.45) is 1.44. The van der Waals surface area contributed by atoms with E-state index in [-0.39, 0.29) is 6.79 Å². The first kappa shape index (κ1) is 17.9. The van der Waals surface area contributed by atoms with Crippen molar-refractivity contribution in [3.05, 3.63) is 70.5 Å². The molecule has 3 aromatic rings. The zero-order chi connectivity index (χ0) is 19.7. The predicted molar refractivity (Wildman–Crippen MR) is 101 cm³/mol. The number of carbonyl (C=O) groups is 2. The summed E-state index contributed by atoms with van der Waals surface area (Å²) in [5, 5.41) is 4.84. The Morgan fingerprint density at radius 1 is 1.04 bits per heavy atom. The first-order valence-corrected chi connectivity index (χ1v) is 8.71. The average Bonchev–Trinajstić information content (AvgIpc) is 3.32. The molecule has 4 rings (SSSR count). The van der Waals surface area contributed by atoms with E-state index in [9.17, 15) is 9.59 Å². The van der Waals surface area contributed by atoms with E-state index >= 15 is 0 Å². The van der Waals surface area contributed by atoms with E-state index in [2.05, 4.69) is 16.0 Å². The van der Waals surface area contributed by atoms with Crippen LogP contribution in [0.1, 0.15) is 26.4 Å². The molecule has 1 aliphatic heterocycles. The van der Waals surface area contributed by atoms with Crippen molar-refractivity contribution < 1.29 is 19.1 Å². The van der Waals surface area contributed by atoms with Crippen LogP contribution in [0.2, 0.25) is 5.02 Å². The zero-order valence-electron chi connectivity index (χ0n) is 14.7. The number of ether oxygens (including phenoxy) is 2. The molecule has 1 aliphatic rings. The van der Waals surface area contributed by atoms with Gasteiger partial charge in [-0.15, -0.1) is 0 Å². The van der Waals surface area contributed by atoms with Crippen LogP contribution in [0.15, 0.2) is 48.7 Å². The second-order valence-corrected chi connectivity index (χ2v) is 6.44. The number of rotatable bonds is 3. The number of hydrazine groups is 1. The van der Waals surface area contributed by atoms with Crippen LogP contribution in [0.25, 0.3) is 5.69 Å². The first-order valence-electron chi connectivity index (χ1n) is 8.34. The van der Waals surface area contributed by atoms with E-state index < -0.39 is 11.8 Å². The molecule has 1 aromatic heterocycles. The maximum Gasteiger partial charge on any atom is 0.273 e. The van der Waals surface area contributed by atoms with E-state index in [1.807, 2.05) is 0 Å². The summed E-state index contributed by atoms with van der Waals surface area (Å²) >= 11 is 5.90. The van der Waals surface area contributed by atoms with E-state index in [0.29, 0.717) is 33.3 Å². The molecule has 0 saturated heterocycles. The van der Waals surface area contributed by atoms with Gasteiger partial charge in [0.15, 0.2) is 11.5 Å². The lowest BCUT2D eigenvalue weighted by atomic mass is 10.2. The lowest BCUT2D eigenvalue weighted by Crippen LogP contribution is -2.41. The summed E-state index contributed by atoms with van der Waals surface area (Å²) in [5.74, 6) is 0.103. The Balaban J connectivity index is 1.44. The van der Waals surface area contributed by atoms with E-state index in [1.54, 1.807) is 54.1 Å². The van der Waals surface area contributed by atoms with Crippen molar-refractivity contribution in [2.75, 3.05) is 6.79 Å². The standard InChI is InChI=1S/C19H15ClN4O4/c1-11-15(9-21-24(11)14-5-3-13(20)4-6-14)19(26)23-22-18(25)12-2-7-16-17(8-12)28-10-27-16/h2-9H,10H2,1H3,(H,22,25)(H,23,26). The van der Waals surface area contributed by atoms with Gasteiger partial charge in [-0.2, -0.15) is 5.10 Å². The van der Waals surface area contributed by atoms with Crippen molar-refractivity contribution in [3.63, 3.8) is 0 Å². The van der Waals surface area contributed by atoms with Crippen molar-refractivity contribution in [2.24, 2.45) is 0 Å². The van der Waals surface area contributed by atoms with Gasteiger partial charge in [0.25, 0.3) is 11.8 Å². The Labute approximate surface area is 165 Å². The first-order chi connectivity index (χ1) is 13.5. The van der Waals surface area contributed by atoms with Crippen LogP contribution in [-0.4, -0.2) is 28.4 Å². The molecule has 0 atom stereocenters. The summed E-state index contributed by atoms with van der Waals surface area (Å²) in [6, 6.07) is 11.8. The van der Waals surface area contributed by atoms with E-state index in [1.165, 1.54) is 6.20 Å². The smallest absolute Gasteiger partial charge is 0.273 e. The molecule has 0 radical (unpaired) electrons. The molecule has 0 aliphatic carbocycles. The van der Waals surface area contributed by atoms with Gasteiger partial charge in [-0.25, -0.2) is 4.68 Å². The second-order valence-electron chi connectivity index (χ2n) is 6.01. The summed E-state index contributed by atoms with van der Waals surface area (Å²) in [5.41, 5.74) is 6.83. The molecule has 142 valence electrons. The number of amides is 2. The van der Waals surface area contributed by atoms with Gasteiger partial charge < -0.3 is 9.47 Å². The third-order valence-corrected chi connectivity index (χ3v) is 4.50. The fourth-order valence-electron chi connectivity index (χ4n) is 2.77. The van der Waals surface area contributed by atoms with Gasteiger partial charge >= 0.3 is 0 Å². The normalized spacial score (nSPS) is 11.9. The summed E-state index contributed by atoms with van der Waals surface area (Å²) in [4.78, 5) is 24.7. The topological polar surface area (TPSA) is 94.5 Å². The van der Waals surface area contributed by atoms with Crippen LogP contribution in [-0.2, 0) is 0 Å². The van der Waals surface area contributed by atoms with Crippen LogP contribution >= 0.6 is 11.6 Å². The maximum atomic E-state index is 12.4. The third kappa shape index (κ3) is 3.37. The number of aromatic nitrogens is 2. The summed E-state index contributed by atoms with van der Waals surface area (Å²) in [7, 11) is 0. The van der Waals surface area contributed by atoms with Crippen LogP contribution < -0.4 is 20.3 Å². The zero-order valence-corrected chi connectivity index (χ0v) is 15.5. The van der Waals surface area contributed by atoms with Gasteiger partial charge in [0, 0.05) is 10.6 Å². The monoisotopic (exact) mass is 398 g/mol. The highest BCUT2D eigenvalue weighted by molar-refractivity contribution is 6.30. The number of fused-ring (bicyclic) bond motifs is 1. The SMILES string of the molecule is Cc1c(C(=O)NNC(=O)c2ccc3c(c2)OCO3)cnn1-c1ccc(Cl)cc1. The van der Waals surface area contributed by atoms with Crippen molar-refractivity contribution in [3.8, 4) is 17.2 Å². The van der Waals surface area contributed by atoms with Gasteiger partial charge in [-0.05, 0) is 49.4 Å². The third-order valence-electron chi connectivity index (χ3n) is 4.25. The maximum absolute atomic E-state index is 12.4. The molecule has 2 aromatic carbocycles. The van der Waals surface area contributed by atoms with Crippen molar-refractivity contribution in [1.29, 1.82) is 0 Å². The number of carbonyl (C=O) groups excluding carboxylic acids is 2. The molecule has 0 bridgehead atoms. The predicted octanol–water partition coefficient (Wildman–Crippen LogP) is 2.64. The fourth-order valence-corrected chi connectivity index (χ4v) is 2.89. The van der Waals surface area contributed by atoms with E-state index in [0.717, 1.165) is 5.69 Å². The number of hydrogen-bond donors (Lipinski definition) is 2. The second kappa shape index (κ2) is 7.24. The number of benzene rings is 2. The molecule has 2 amide bonds. The minimum atomic E-state index is -0.480. The Kier molecular flexibility index (Phi) is 4.62. The van der Waals surface area contributed by atoms with Gasteiger partial charge in [-0.1, -0.05) is 11.6 Å².